The van der Waals surface area contributed by atoms with Gasteiger partial charge in [0.25, 0.3) is 0 Å². The fourth-order valence-corrected chi connectivity index (χ4v) is 14.2. The van der Waals surface area contributed by atoms with Crippen molar-refractivity contribution in [2.75, 3.05) is 0 Å². The lowest BCUT2D eigenvalue weighted by molar-refractivity contribution is 0.487. The summed E-state index contributed by atoms with van der Waals surface area (Å²) in [6.07, 6.45) is 0. The lowest BCUT2D eigenvalue weighted by Gasteiger charge is -2.22. The molecule has 0 saturated carbocycles. The van der Waals surface area contributed by atoms with Crippen LogP contribution in [0.5, 0.6) is 11.5 Å². The zero-order chi connectivity index (χ0) is 55.0. The minimum atomic E-state index is 0.834. The van der Waals surface area contributed by atoms with Gasteiger partial charge >= 0.3 is 0 Å². The van der Waals surface area contributed by atoms with Gasteiger partial charge < -0.3 is 9.15 Å². The van der Waals surface area contributed by atoms with Crippen molar-refractivity contribution in [3.63, 3.8) is 0 Å². The number of rotatable bonds is 6. The van der Waals surface area contributed by atoms with Crippen LogP contribution in [0.15, 0.2) is 296 Å². The molecule has 1 aliphatic heterocycles. The third-order valence-electron chi connectivity index (χ3n) is 18.0. The van der Waals surface area contributed by atoms with Crippen LogP contribution in [0.3, 0.4) is 0 Å². The van der Waals surface area contributed by atoms with Crippen LogP contribution >= 0.6 is 0 Å². The SMILES string of the molecule is c1ccc2cc(-c3c4ccccc4c(-c4ccc(-c5ccc6c(c5)Oc5cccc7c5c-6cc5oc6cc(-c8ccc(-c9c%10ccccc%10c(-c%10ccc%11ccccc%11c%10)c%10ccccc9%10)cc8)ccc6c57)cc4)c4ccccc34)ccc2c1. The number of furan rings is 1. The summed E-state index contributed by atoms with van der Waals surface area (Å²) in [4.78, 5) is 0. The lowest BCUT2D eigenvalue weighted by atomic mass is 9.85. The first-order valence-corrected chi connectivity index (χ1v) is 28.9. The first kappa shape index (κ1) is 46.7. The van der Waals surface area contributed by atoms with E-state index in [2.05, 4.69) is 291 Å². The minimum Gasteiger partial charge on any atom is -0.456 e. The van der Waals surface area contributed by atoms with E-state index in [9.17, 15) is 0 Å². The van der Waals surface area contributed by atoms with Crippen molar-refractivity contribution in [1.82, 2.24) is 0 Å². The first-order valence-electron chi connectivity index (χ1n) is 28.9. The van der Waals surface area contributed by atoms with Crippen LogP contribution < -0.4 is 4.74 Å². The van der Waals surface area contributed by atoms with Gasteiger partial charge in [0.15, 0.2) is 0 Å². The molecule has 16 aromatic carbocycles. The Labute approximate surface area is 484 Å². The van der Waals surface area contributed by atoms with Crippen LogP contribution in [-0.4, -0.2) is 0 Å². The number of benzene rings is 16. The molecule has 0 fully saturated rings. The Kier molecular flexibility index (Phi) is 10.1. The summed E-state index contributed by atoms with van der Waals surface area (Å²) < 4.78 is 13.8. The van der Waals surface area contributed by atoms with Crippen molar-refractivity contribution in [3.05, 3.63) is 291 Å². The van der Waals surface area contributed by atoms with Gasteiger partial charge in [-0.2, -0.15) is 0 Å². The summed E-state index contributed by atoms with van der Waals surface area (Å²) in [5.41, 5.74) is 18.2. The van der Waals surface area contributed by atoms with Crippen LogP contribution in [0.1, 0.15) is 0 Å². The number of hydrogen-bond acceptors (Lipinski definition) is 2. The van der Waals surface area contributed by atoms with Gasteiger partial charge in [0, 0.05) is 27.3 Å². The second-order valence-electron chi connectivity index (χ2n) is 22.6. The van der Waals surface area contributed by atoms with Crippen molar-refractivity contribution >= 4 is 97.3 Å². The van der Waals surface area contributed by atoms with Crippen LogP contribution in [0.2, 0.25) is 0 Å². The third kappa shape index (κ3) is 7.11. The number of hydrogen-bond donors (Lipinski definition) is 0. The predicted molar refractivity (Wildman–Crippen MR) is 354 cm³/mol. The molecule has 1 aliphatic rings. The molecule has 2 nitrogen and oxygen atoms in total. The van der Waals surface area contributed by atoms with Crippen molar-refractivity contribution in [3.8, 4) is 89.4 Å². The Morgan fingerprint density at radius 1 is 0.190 bits per heavy atom. The molecule has 84 heavy (non-hydrogen) atoms. The Balaban J connectivity index is 0.681. The second kappa shape index (κ2) is 18.2. The van der Waals surface area contributed by atoms with Gasteiger partial charge in [0.2, 0.25) is 0 Å². The van der Waals surface area contributed by atoms with E-state index in [1.54, 1.807) is 0 Å². The largest absolute Gasteiger partial charge is 0.456 e. The second-order valence-corrected chi connectivity index (χ2v) is 22.6. The van der Waals surface area contributed by atoms with Gasteiger partial charge in [0.05, 0.1) is 0 Å². The molecule has 2 heterocycles. The molecule has 0 saturated heterocycles. The fourth-order valence-electron chi connectivity index (χ4n) is 14.2. The quantitative estimate of drug-likeness (QED) is 0.155. The molecule has 0 aliphatic carbocycles. The molecule has 0 spiro atoms. The molecule has 0 atom stereocenters. The smallest absolute Gasteiger partial charge is 0.136 e. The number of ether oxygens (including phenoxy) is 1. The zero-order valence-electron chi connectivity index (χ0n) is 45.5. The monoisotopic (exact) mass is 1060 g/mol. The summed E-state index contributed by atoms with van der Waals surface area (Å²) >= 11 is 0. The number of fused-ring (bicyclic) bond motifs is 12. The highest BCUT2D eigenvalue weighted by atomic mass is 16.5. The van der Waals surface area contributed by atoms with E-state index in [0.29, 0.717) is 0 Å². The summed E-state index contributed by atoms with van der Waals surface area (Å²) in [5.74, 6) is 1.69. The fraction of sp³-hybridized carbons (Fsp3) is 0. The van der Waals surface area contributed by atoms with Gasteiger partial charge in [-0.1, -0.05) is 243 Å². The Morgan fingerprint density at radius 2 is 0.583 bits per heavy atom. The average molecular weight is 1070 g/mol. The van der Waals surface area contributed by atoms with Crippen molar-refractivity contribution in [2.45, 2.75) is 0 Å². The topological polar surface area (TPSA) is 22.4 Å². The molecule has 0 bridgehead atoms. The lowest BCUT2D eigenvalue weighted by Crippen LogP contribution is -1.97. The molecule has 0 unspecified atom stereocenters. The Bertz CT molecular complexity index is 5510. The van der Waals surface area contributed by atoms with E-state index in [-0.39, 0.29) is 0 Å². The maximum atomic E-state index is 6.90. The van der Waals surface area contributed by atoms with Crippen molar-refractivity contribution in [1.29, 1.82) is 0 Å². The van der Waals surface area contributed by atoms with Gasteiger partial charge in [-0.25, -0.2) is 0 Å². The first-order chi connectivity index (χ1) is 41.6. The summed E-state index contributed by atoms with van der Waals surface area (Å²) in [5, 5.41) is 19.4. The van der Waals surface area contributed by atoms with E-state index in [4.69, 9.17) is 9.15 Å². The highest BCUT2D eigenvalue weighted by Crippen LogP contribution is 2.52. The van der Waals surface area contributed by atoms with Crippen molar-refractivity contribution < 1.29 is 9.15 Å². The Morgan fingerprint density at radius 3 is 1.08 bits per heavy atom. The molecule has 1 aromatic heterocycles. The van der Waals surface area contributed by atoms with Gasteiger partial charge in [0.1, 0.15) is 22.7 Å². The molecule has 388 valence electrons. The summed E-state index contributed by atoms with van der Waals surface area (Å²) in [6.45, 7) is 0. The minimum absolute atomic E-state index is 0.834. The van der Waals surface area contributed by atoms with E-state index in [1.807, 2.05) is 0 Å². The van der Waals surface area contributed by atoms with Gasteiger partial charge in [-0.3, -0.25) is 0 Å². The molecule has 2 heteroatoms. The van der Waals surface area contributed by atoms with Gasteiger partial charge in [-0.05, 0) is 185 Å². The molecular weight excluding hydrogens is 1020 g/mol. The van der Waals surface area contributed by atoms with E-state index in [1.165, 1.54) is 109 Å². The average Bonchev–Trinajstić information content (AvgIpc) is 3.23. The van der Waals surface area contributed by atoms with Crippen molar-refractivity contribution in [2.24, 2.45) is 0 Å². The standard InChI is InChI=1S/C82H48O2/c1-3-16-55-44-59(38-32-49(55)14-1)79-66-22-9-5-18-62(66)77(63-19-6-10-23-67(63)79)53-34-28-51(29-35-53)57-40-42-61-72-48-76-81(71-26-13-27-73(82(71)72)83-74(61)46-57)70-43-41-58(47-75(70)84-76)52-30-36-54(37-31-52)78-64-20-7-11-24-68(64)80(69-25-12-8-21-65(69)78)60-39-33-50-15-2-4-17-56(50)45-60/h1-48H. The molecule has 18 rings (SSSR count). The highest BCUT2D eigenvalue weighted by Gasteiger charge is 2.26. The third-order valence-corrected chi connectivity index (χ3v) is 18.0. The maximum absolute atomic E-state index is 6.90. The normalized spacial score (nSPS) is 12.1. The zero-order valence-corrected chi connectivity index (χ0v) is 45.5. The summed E-state index contributed by atoms with van der Waals surface area (Å²) in [7, 11) is 0. The molecule has 0 N–H and O–H groups in total. The molecule has 17 aromatic rings. The summed E-state index contributed by atoms with van der Waals surface area (Å²) in [6, 6.07) is 107. The van der Waals surface area contributed by atoms with E-state index < -0.39 is 0 Å². The molecular formula is C82H48O2. The predicted octanol–water partition coefficient (Wildman–Crippen LogP) is 23.4. The van der Waals surface area contributed by atoms with Gasteiger partial charge in [-0.15, -0.1) is 0 Å². The highest BCUT2D eigenvalue weighted by molar-refractivity contribution is 6.26. The van der Waals surface area contributed by atoms with E-state index in [0.717, 1.165) is 77.6 Å². The Hall–Kier alpha value is -11.1. The van der Waals surface area contributed by atoms with Crippen LogP contribution in [0, 0.1) is 0 Å². The molecule has 0 amide bonds. The van der Waals surface area contributed by atoms with Crippen LogP contribution in [-0.2, 0) is 0 Å². The van der Waals surface area contributed by atoms with Crippen LogP contribution in [0.25, 0.3) is 175 Å². The molecule has 0 radical (unpaired) electrons. The maximum Gasteiger partial charge on any atom is 0.136 e. The van der Waals surface area contributed by atoms with E-state index >= 15 is 0 Å². The van der Waals surface area contributed by atoms with Crippen LogP contribution in [0.4, 0.5) is 0 Å².